The Morgan fingerprint density at radius 1 is 1.10 bits per heavy atom. The van der Waals surface area contributed by atoms with Gasteiger partial charge < -0.3 is 0 Å². The zero-order chi connectivity index (χ0) is 21.8. The van der Waals surface area contributed by atoms with Gasteiger partial charge in [0.05, 0.1) is 34.4 Å². The molecular weight excluding hydrogens is 433 g/mol. The first-order valence-electron chi connectivity index (χ1n) is 8.73. The van der Waals surface area contributed by atoms with E-state index in [2.05, 4.69) is 0 Å². The Bertz CT molecular complexity index is 1060. The second-order valence-corrected chi connectivity index (χ2v) is 10.7. The van der Waals surface area contributed by atoms with Crippen LogP contribution in [0.25, 0.3) is 0 Å². The lowest BCUT2D eigenvalue weighted by molar-refractivity contribution is -0.137. The van der Waals surface area contributed by atoms with Crippen LogP contribution in [0.15, 0.2) is 40.9 Å². The lowest BCUT2D eigenvalue weighted by atomic mass is 9.97. The number of rotatable bonds is 5. The number of fused-ring (bicyclic) bond motifs is 1. The molecule has 0 N–H and O–H groups in total. The number of amides is 1. The summed E-state index contributed by atoms with van der Waals surface area (Å²) in [6.07, 6.45) is -1.59. The third-order valence-corrected chi connectivity index (χ3v) is 7.86. The van der Waals surface area contributed by atoms with Crippen molar-refractivity contribution in [2.24, 2.45) is 5.92 Å². The van der Waals surface area contributed by atoms with Crippen molar-refractivity contribution < 1.29 is 34.8 Å². The van der Waals surface area contributed by atoms with Crippen LogP contribution in [-0.4, -0.2) is 50.2 Å². The molecule has 1 saturated heterocycles. The van der Waals surface area contributed by atoms with Gasteiger partial charge >= 0.3 is 6.18 Å². The number of alkyl halides is 3. The van der Waals surface area contributed by atoms with E-state index in [1.54, 1.807) is 6.92 Å². The minimum Gasteiger partial charge on any atom is -0.273 e. The number of carbonyl (C=O) groups excluding carboxylic acids is 1. The highest BCUT2D eigenvalue weighted by Crippen LogP contribution is 2.42. The summed E-state index contributed by atoms with van der Waals surface area (Å²) in [5.41, 5.74) is -0.911. The molecule has 1 aromatic carbocycles. The van der Waals surface area contributed by atoms with Crippen LogP contribution in [0.3, 0.4) is 0 Å². The molecule has 0 bridgehead atoms. The zero-order valence-electron chi connectivity index (χ0n) is 15.5. The highest BCUT2D eigenvalue weighted by Gasteiger charge is 2.55. The summed E-state index contributed by atoms with van der Waals surface area (Å²) in [5, 5.41) is 0. The maximum Gasteiger partial charge on any atom is 0.416 e. The Balaban J connectivity index is 2.01. The quantitative estimate of drug-likeness (QED) is 0.683. The van der Waals surface area contributed by atoms with Gasteiger partial charge in [-0.05, 0) is 36.8 Å². The first-order valence-corrected chi connectivity index (χ1v) is 12.0. The maximum atomic E-state index is 13.1. The van der Waals surface area contributed by atoms with E-state index >= 15 is 0 Å². The highest BCUT2D eigenvalue weighted by atomic mass is 32.2. The molecule has 0 unspecified atom stereocenters. The molecule has 1 amide bonds. The summed E-state index contributed by atoms with van der Waals surface area (Å²) >= 11 is 0. The summed E-state index contributed by atoms with van der Waals surface area (Å²) in [7, 11) is -8.20. The summed E-state index contributed by atoms with van der Waals surface area (Å²) < 4.78 is 90.2. The van der Waals surface area contributed by atoms with Gasteiger partial charge in [-0.3, -0.25) is 4.79 Å². The zero-order valence-corrected chi connectivity index (χ0v) is 17.2. The molecule has 160 valence electrons. The van der Waals surface area contributed by atoms with Crippen LogP contribution in [0.5, 0.6) is 0 Å². The third kappa shape index (κ3) is 3.68. The Morgan fingerprint density at radius 3 is 2.17 bits per heavy atom. The standard InChI is InChI=1S/C17H19F3N2O5S2/c1-3-4-13-15-14(22(16(13)23)28(2,24)25)9-10-21(15)29(26,27)12-7-5-11(6-8-12)17(18,19)20/h5-9,13,15H,3-4,10H2,1-2H3/t13-,15-/m1/s1. The summed E-state index contributed by atoms with van der Waals surface area (Å²) in [5.74, 6) is -1.58. The SMILES string of the molecule is CCC[C@H]1C(=O)N(S(C)(=O)=O)C2=CCN(S(=O)(=O)c3ccc(C(F)(F)F)cc3)[C@@H]21. The van der Waals surface area contributed by atoms with E-state index in [-0.39, 0.29) is 23.6 Å². The van der Waals surface area contributed by atoms with Crippen molar-refractivity contribution in [2.45, 2.75) is 36.9 Å². The number of nitrogens with zero attached hydrogens (tertiary/aromatic N) is 2. The molecule has 12 heteroatoms. The van der Waals surface area contributed by atoms with Crippen molar-refractivity contribution in [3.63, 3.8) is 0 Å². The van der Waals surface area contributed by atoms with Crippen LogP contribution in [0.1, 0.15) is 25.3 Å². The summed E-state index contributed by atoms with van der Waals surface area (Å²) in [6.45, 7) is 1.60. The number of hydrogen-bond acceptors (Lipinski definition) is 5. The molecule has 0 saturated carbocycles. The molecule has 2 aliphatic rings. The molecule has 7 nitrogen and oxygen atoms in total. The van der Waals surface area contributed by atoms with Crippen molar-refractivity contribution in [3.8, 4) is 0 Å². The molecule has 1 aromatic rings. The fraction of sp³-hybridized carbons (Fsp3) is 0.471. The van der Waals surface area contributed by atoms with Crippen LogP contribution >= 0.6 is 0 Å². The van der Waals surface area contributed by atoms with E-state index in [0.29, 0.717) is 22.9 Å². The van der Waals surface area contributed by atoms with Crippen molar-refractivity contribution in [2.75, 3.05) is 12.8 Å². The van der Waals surface area contributed by atoms with Gasteiger partial charge in [0, 0.05) is 6.54 Å². The van der Waals surface area contributed by atoms with Crippen molar-refractivity contribution in [3.05, 3.63) is 41.6 Å². The molecule has 1 fully saturated rings. The monoisotopic (exact) mass is 452 g/mol. The molecule has 3 rings (SSSR count). The van der Waals surface area contributed by atoms with E-state index in [1.165, 1.54) is 6.08 Å². The summed E-state index contributed by atoms with van der Waals surface area (Å²) in [6, 6.07) is 2.04. The molecule has 0 spiro atoms. The van der Waals surface area contributed by atoms with Gasteiger partial charge in [0.2, 0.25) is 26.0 Å². The van der Waals surface area contributed by atoms with Crippen LogP contribution in [-0.2, 0) is 31.0 Å². The van der Waals surface area contributed by atoms with Crippen LogP contribution < -0.4 is 0 Å². The molecule has 2 atom stereocenters. The highest BCUT2D eigenvalue weighted by molar-refractivity contribution is 7.89. The second kappa shape index (κ2) is 7.10. The fourth-order valence-electron chi connectivity index (χ4n) is 3.73. The lowest BCUT2D eigenvalue weighted by Gasteiger charge is -2.26. The smallest absolute Gasteiger partial charge is 0.273 e. The number of sulfonamides is 2. The Kier molecular flexibility index (Phi) is 5.33. The van der Waals surface area contributed by atoms with E-state index in [0.717, 1.165) is 22.7 Å². The van der Waals surface area contributed by atoms with Crippen LogP contribution in [0.2, 0.25) is 0 Å². The predicted molar refractivity (Wildman–Crippen MR) is 97.3 cm³/mol. The van der Waals surface area contributed by atoms with Gasteiger partial charge in [-0.1, -0.05) is 13.3 Å². The average Bonchev–Trinajstić information content (AvgIpc) is 3.13. The number of halogens is 3. The Labute approximate surface area is 166 Å². The van der Waals surface area contributed by atoms with Gasteiger partial charge in [-0.25, -0.2) is 21.1 Å². The second-order valence-electron chi connectivity index (χ2n) is 6.93. The van der Waals surface area contributed by atoms with Crippen molar-refractivity contribution in [1.29, 1.82) is 0 Å². The Morgan fingerprint density at radius 2 is 1.69 bits per heavy atom. The number of benzene rings is 1. The van der Waals surface area contributed by atoms with Gasteiger partial charge in [0.25, 0.3) is 0 Å². The minimum atomic E-state index is -4.61. The normalized spacial score (nSPS) is 23.4. The molecule has 2 aliphatic heterocycles. The molecule has 0 radical (unpaired) electrons. The number of carbonyl (C=O) groups is 1. The molecule has 2 heterocycles. The van der Waals surface area contributed by atoms with Gasteiger partial charge in [-0.15, -0.1) is 0 Å². The maximum absolute atomic E-state index is 13.1. The minimum absolute atomic E-state index is 0.0754. The van der Waals surface area contributed by atoms with E-state index in [4.69, 9.17) is 0 Å². The van der Waals surface area contributed by atoms with E-state index in [1.807, 2.05) is 0 Å². The third-order valence-electron chi connectivity index (χ3n) is 4.95. The summed E-state index contributed by atoms with van der Waals surface area (Å²) in [4.78, 5) is 12.3. The first kappa shape index (κ1) is 21.8. The molecule has 0 aliphatic carbocycles. The van der Waals surface area contributed by atoms with Crippen molar-refractivity contribution in [1.82, 2.24) is 8.61 Å². The van der Waals surface area contributed by atoms with Gasteiger partial charge in [-0.2, -0.15) is 17.5 Å². The first-order chi connectivity index (χ1) is 13.3. The van der Waals surface area contributed by atoms with E-state index < -0.39 is 49.7 Å². The molecular formula is C17H19F3N2O5S2. The largest absolute Gasteiger partial charge is 0.416 e. The van der Waals surface area contributed by atoms with Gasteiger partial charge in [0.15, 0.2) is 0 Å². The fourth-order valence-corrected chi connectivity index (χ4v) is 6.34. The van der Waals surface area contributed by atoms with Crippen LogP contribution in [0.4, 0.5) is 13.2 Å². The Hall–Kier alpha value is -1.92. The van der Waals surface area contributed by atoms with Crippen LogP contribution in [0, 0.1) is 5.92 Å². The predicted octanol–water partition coefficient (Wildman–Crippen LogP) is 2.18. The number of hydrogen-bond donors (Lipinski definition) is 0. The van der Waals surface area contributed by atoms with Gasteiger partial charge in [0.1, 0.15) is 0 Å². The van der Waals surface area contributed by atoms with Crippen molar-refractivity contribution >= 4 is 26.0 Å². The average molecular weight is 452 g/mol. The van der Waals surface area contributed by atoms with E-state index in [9.17, 15) is 34.8 Å². The topological polar surface area (TPSA) is 91.8 Å². The molecule has 29 heavy (non-hydrogen) atoms. The lowest BCUT2D eigenvalue weighted by Crippen LogP contribution is -2.41. The molecule has 0 aromatic heterocycles.